The molecule has 0 aromatic heterocycles. The minimum Gasteiger partial charge on any atom is -0.464 e. The lowest BCUT2D eigenvalue weighted by molar-refractivity contribution is -0.144. The highest BCUT2D eigenvalue weighted by molar-refractivity contribution is 14.1. The summed E-state index contributed by atoms with van der Waals surface area (Å²) in [6, 6.07) is 0. The zero-order valence-electron chi connectivity index (χ0n) is 4.52. The minimum absolute atomic E-state index is 0.0361. The maximum Gasteiger partial charge on any atom is 0.333 e. The van der Waals surface area contributed by atoms with Gasteiger partial charge in [0.25, 0.3) is 0 Å². The van der Waals surface area contributed by atoms with Crippen LogP contribution in [0.2, 0.25) is 0 Å². The van der Waals surface area contributed by atoms with Gasteiger partial charge in [-0.25, -0.2) is 4.79 Å². The normalized spacial score (nSPS) is 8.75. The van der Waals surface area contributed by atoms with Gasteiger partial charge in [-0.05, 0) is 6.92 Å². The molecule has 0 heterocycles. The second kappa shape index (κ2) is 5.30. The number of hydrogen-bond donors (Lipinski definition) is 0. The molecule has 0 aliphatic heterocycles. The van der Waals surface area contributed by atoms with Gasteiger partial charge in [-0.3, -0.25) is 0 Å². The van der Waals surface area contributed by atoms with E-state index in [1.165, 1.54) is 0 Å². The van der Waals surface area contributed by atoms with Crippen LogP contribution in [0.3, 0.4) is 0 Å². The van der Waals surface area contributed by atoms with Gasteiger partial charge in [-0.1, -0.05) is 0 Å². The minimum atomic E-state index is -0.318. The van der Waals surface area contributed by atoms with Crippen molar-refractivity contribution in [2.24, 2.45) is 0 Å². The maximum atomic E-state index is 10.3. The Kier molecular flexibility index (Phi) is 5.41. The van der Waals surface area contributed by atoms with Gasteiger partial charge < -0.3 is 7.80 Å². The Hall–Kier alpha value is 0.160. The Morgan fingerprint density at radius 2 is 2.38 bits per heavy atom. The molecule has 4 heteroatoms. The molecule has 0 aromatic carbocycles. The largest absolute Gasteiger partial charge is 0.464 e. The van der Waals surface area contributed by atoms with E-state index in [4.69, 9.17) is 0 Å². The Bertz CT molecular complexity index is 65.7. The van der Waals surface area contributed by atoms with Crippen molar-refractivity contribution in [3.8, 4) is 0 Å². The summed E-state index contributed by atoms with van der Waals surface area (Å²) >= 11 is 1.64. The molecule has 0 aliphatic carbocycles. The molecule has 48 valence electrons. The van der Waals surface area contributed by atoms with Gasteiger partial charge in [-0.15, -0.1) is 0 Å². The van der Waals surface area contributed by atoms with E-state index < -0.39 is 0 Å². The summed E-state index contributed by atoms with van der Waals surface area (Å²) in [4.78, 5) is 10.3. The second-order valence-corrected chi connectivity index (χ2v) is 1.68. The van der Waals surface area contributed by atoms with Crippen LogP contribution in [0, 0.1) is 0 Å². The highest BCUT2D eigenvalue weighted by Gasteiger charge is 1.97. The fraction of sp³-hybridized carbons (Fsp3) is 0.750. The van der Waals surface area contributed by atoms with Crippen molar-refractivity contribution >= 4 is 29.0 Å². The molecule has 0 radical (unpaired) electrons. The summed E-state index contributed by atoms with van der Waals surface area (Å²) in [6.07, 6.45) is 0. The van der Waals surface area contributed by atoms with Gasteiger partial charge >= 0.3 is 5.97 Å². The van der Waals surface area contributed by atoms with Crippen molar-refractivity contribution in [3.63, 3.8) is 0 Å². The van der Waals surface area contributed by atoms with Gasteiger partial charge in [0.2, 0.25) is 0 Å². The summed E-state index contributed by atoms with van der Waals surface area (Å²) in [5.74, 6) is -0.318. The van der Waals surface area contributed by atoms with Crippen molar-refractivity contribution in [3.05, 3.63) is 0 Å². The average molecular weight is 230 g/mol. The van der Waals surface area contributed by atoms with E-state index in [0.29, 0.717) is 6.61 Å². The molecular formula is C4H7IO3. The van der Waals surface area contributed by atoms with Crippen molar-refractivity contribution in [1.82, 2.24) is 0 Å². The van der Waals surface area contributed by atoms with Crippen LogP contribution in [-0.4, -0.2) is 19.2 Å². The number of carbonyl (C=O) groups is 1. The van der Waals surface area contributed by atoms with Crippen molar-refractivity contribution in [2.45, 2.75) is 6.92 Å². The summed E-state index contributed by atoms with van der Waals surface area (Å²) in [7, 11) is 0. The van der Waals surface area contributed by atoms with Crippen LogP contribution in [0.25, 0.3) is 0 Å². The van der Waals surface area contributed by atoms with E-state index in [1.54, 1.807) is 29.9 Å². The van der Waals surface area contributed by atoms with Gasteiger partial charge in [0, 0.05) is 0 Å². The van der Waals surface area contributed by atoms with Crippen LogP contribution in [0.15, 0.2) is 0 Å². The Labute approximate surface area is 62.0 Å². The number of ether oxygens (including phenoxy) is 1. The number of carbonyl (C=O) groups excluding carboxylic acids is 1. The van der Waals surface area contributed by atoms with Gasteiger partial charge in [-0.2, -0.15) is 0 Å². The third-order valence-electron chi connectivity index (χ3n) is 0.478. The molecule has 0 N–H and O–H groups in total. The molecule has 0 aliphatic rings. The third kappa shape index (κ3) is 4.32. The highest BCUT2D eigenvalue weighted by Crippen LogP contribution is 1.86. The lowest BCUT2D eigenvalue weighted by Crippen LogP contribution is -2.08. The van der Waals surface area contributed by atoms with E-state index in [-0.39, 0.29) is 12.6 Å². The molecule has 0 saturated heterocycles. The first kappa shape index (κ1) is 8.16. The molecule has 0 aromatic rings. The van der Waals surface area contributed by atoms with Crippen LogP contribution >= 0.6 is 23.0 Å². The maximum absolute atomic E-state index is 10.3. The fourth-order valence-corrected chi connectivity index (χ4v) is 0.501. The van der Waals surface area contributed by atoms with E-state index in [2.05, 4.69) is 7.80 Å². The van der Waals surface area contributed by atoms with Gasteiger partial charge in [0.05, 0.1) is 6.61 Å². The van der Waals surface area contributed by atoms with E-state index in [1.807, 2.05) is 0 Å². The molecule has 0 spiro atoms. The Morgan fingerprint density at radius 1 is 1.75 bits per heavy atom. The molecular weight excluding hydrogens is 223 g/mol. The standard InChI is InChI=1S/C4H7IO3/c1-2-7-4(6)3-8-5/h2-3H2,1H3. The van der Waals surface area contributed by atoms with E-state index in [0.717, 1.165) is 0 Å². The van der Waals surface area contributed by atoms with Crippen LogP contribution in [0.4, 0.5) is 0 Å². The topological polar surface area (TPSA) is 35.5 Å². The number of esters is 1. The summed E-state index contributed by atoms with van der Waals surface area (Å²) in [5.41, 5.74) is 0. The van der Waals surface area contributed by atoms with Crippen LogP contribution in [-0.2, 0) is 12.6 Å². The summed E-state index contributed by atoms with van der Waals surface area (Å²) < 4.78 is 8.97. The first-order chi connectivity index (χ1) is 3.81. The van der Waals surface area contributed by atoms with E-state index >= 15 is 0 Å². The first-order valence-electron chi connectivity index (χ1n) is 2.20. The van der Waals surface area contributed by atoms with Crippen molar-refractivity contribution in [1.29, 1.82) is 0 Å². The molecule has 0 atom stereocenters. The zero-order valence-corrected chi connectivity index (χ0v) is 6.67. The number of rotatable bonds is 3. The van der Waals surface area contributed by atoms with Gasteiger partial charge in [0.15, 0.2) is 6.61 Å². The molecule has 0 amide bonds. The average Bonchev–Trinajstić information content (AvgIpc) is 1.68. The lowest BCUT2D eigenvalue weighted by atomic mass is 10.7. The van der Waals surface area contributed by atoms with Crippen LogP contribution in [0.5, 0.6) is 0 Å². The summed E-state index contributed by atoms with van der Waals surface area (Å²) in [6.45, 7) is 2.21. The molecule has 0 unspecified atom stereocenters. The summed E-state index contributed by atoms with van der Waals surface area (Å²) in [5, 5.41) is 0. The third-order valence-corrected chi connectivity index (χ3v) is 0.789. The van der Waals surface area contributed by atoms with Crippen LogP contribution in [0.1, 0.15) is 6.92 Å². The van der Waals surface area contributed by atoms with Gasteiger partial charge in [0.1, 0.15) is 23.0 Å². The fourth-order valence-electron chi connectivity index (χ4n) is 0.247. The predicted molar refractivity (Wildman–Crippen MR) is 36.6 cm³/mol. The first-order valence-corrected chi connectivity index (χ1v) is 3.08. The SMILES string of the molecule is CCOC(=O)COI. The molecule has 0 saturated carbocycles. The molecule has 0 bridgehead atoms. The smallest absolute Gasteiger partial charge is 0.333 e. The second-order valence-electron chi connectivity index (χ2n) is 1.06. The quantitative estimate of drug-likeness (QED) is 0.534. The zero-order chi connectivity index (χ0) is 6.41. The van der Waals surface area contributed by atoms with Crippen molar-refractivity contribution < 1.29 is 12.6 Å². The highest BCUT2D eigenvalue weighted by atomic mass is 127. The number of halogens is 1. The predicted octanol–water partition coefficient (Wildman–Crippen LogP) is 0.916. The van der Waals surface area contributed by atoms with E-state index in [9.17, 15) is 4.79 Å². The molecule has 0 fully saturated rings. The molecule has 8 heavy (non-hydrogen) atoms. The van der Waals surface area contributed by atoms with Crippen molar-refractivity contribution in [2.75, 3.05) is 13.2 Å². The molecule has 3 nitrogen and oxygen atoms in total. The van der Waals surface area contributed by atoms with Crippen LogP contribution < -0.4 is 0 Å². The lowest BCUT2D eigenvalue weighted by Gasteiger charge is -1.95. The Balaban J connectivity index is 3.06. The Morgan fingerprint density at radius 3 is 2.75 bits per heavy atom. The monoisotopic (exact) mass is 230 g/mol. The molecule has 0 rings (SSSR count). The number of hydrogen-bond acceptors (Lipinski definition) is 3.